The Bertz CT molecular complexity index is 852. The van der Waals surface area contributed by atoms with Crippen LogP contribution in [0.5, 0.6) is 11.5 Å². The highest BCUT2D eigenvalue weighted by molar-refractivity contribution is 6.02. The van der Waals surface area contributed by atoms with Gasteiger partial charge in [0.25, 0.3) is 0 Å². The van der Waals surface area contributed by atoms with E-state index in [-0.39, 0.29) is 24.9 Å². The van der Waals surface area contributed by atoms with Crippen molar-refractivity contribution in [2.24, 2.45) is 5.41 Å². The van der Waals surface area contributed by atoms with Crippen LogP contribution >= 0.6 is 0 Å². The van der Waals surface area contributed by atoms with Crippen LogP contribution in [0.3, 0.4) is 0 Å². The van der Waals surface area contributed by atoms with Crippen molar-refractivity contribution in [1.82, 2.24) is 4.90 Å². The number of carbonyl (C=O) groups excluding carboxylic acids is 3. The van der Waals surface area contributed by atoms with E-state index in [4.69, 9.17) is 18.9 Å². The van der Waals surface area contributed by atoms with E-state index in [0.717, 1.165) is 0 Å². The molecule has 2 aliphatic rings. The van der Waals surface area contributed by atoms with Crippen molar-refractivity contribution in [3.63, 3.8) is 0 Å². The maximum atomic E-state index is 13.6. The molecule has 8 nitrogen and oxygen atoms in total. The first-order valence-corrected chi connectivity index (χ1v) is 10.5. The molecule has 1 fully saturated rings. The van der Waals surface area contributed by atoms with Crippen molar-refractivity contribution in [3.05, 3.63) is 23.8 Å². The molecule has 3 rings (SSSR count). The first kappa shape index (κ1) is 23.1. The van der Waals surface area contributed by atoms with Crippen LogP contribution in [-0.4, -0.2) is 61.3 Å². The van der Waals surface area contributed by atoms with Gasteiger partial charge in [0.05, 0.1) is 17.9 Å². The number of esters is 1. The van der Waals surface area contributed by atoms with Gasteiger partial charge in [-0.1, -0.05) is 0 Å². The van der Waals surface area contributed by atoms with Gasteiger partial charge in [-0.3, -0.25) is 14.4 Å². The molecule has 31 heavy (non-hydrogen) atoms. The molecule has 170 valence electrons. The van der Waals surface area contributed by atoms with Crippen LogP contribution in [-0.2, 0) is 19.1 Å². The number of hydrogen-bond acceptors (Lipinski definition) is 7. The summed E-state index contributed by atoms with van der Waals surface area (Å²) in [6, 6.07) is 4.26. The lowest BCUT2D eigenvalue weighted by Gasteiger charge is -2.39. The predicted octanol–water partition coefficient (Wildman–Crippen LogP) is 2.97. The molecule has 2 heterocycles. The zero-order chi connectivity index (χ0) is 22.8. The van der Waals surface area contributed by atoms with Gasteiger partial charge in [-0.15, -0.1) is 0 Å². The second-order valence-corrected chi connectivity index (χ2v) is 9.18. The second-order valence-electron chi connectivity index (χ2n) is 9.18. The van der Waals surface area contributed by atoms with Gasteiger partial charge in [-0.05, 0) is 58.7 Å². The molecule has 0 spiro atoms. The Balaban J connectivity index is 1.77. The molecule has 8 heteroatoms. The summed E-state index contributed by atoms with van der Waals surface area (Å²) in [5, 5.41) is 0. The summed E-state index contributed by atoms with van der Waals surface area (Å²) in [4.78, 5) is 40.6. The zero-order valence-corrected chi connectivity index (χ0v) is 18.9. The minimum absolute atomic E-state index is 0.0399. The Morgan fingerprint density at radius 1 is 1.13 bits per heavy atom. The van der Waals surface area contributed by atoms with Gasteiger partial charge in [0.2, 0.25) is 12.7 Å². The van der Waals surface area contributed by atoms with E-state index < -0.39 is 23.0 Å². The number of ketones is 1. The third-order valence-electron chi connectivity index (χ3n) is 5.74. The molecular formula is C23H31NO7. The van der Waals surface area contributed by atoms with E-state index in [0.29, 0.717) is 43.1 Å². The number of rotatable bonds is 6. The number of ether oxygens (including phenoxy) is 4. The molecule has 0 aliphatic carbocycles. The topological polar surface area (TPSA) is 91.4 Å². The maximum Gasteiger partial charge on any atom is 0.307 e. The molecular weight excluding hydrogens is 402 g/mol. The number of likely N-dealkylation sites (N-methyl/N-ethyl adjacent to an activating group) is 1. The predicted molar refractivity (Wildman–Crippen MR) is 112 cm³/mol. The molecule has 1 unspecified atom stereocenters. The quantitative estimate of drug-likeness (QED) is 0.503. The van der Waals surface area contributed by atoms with Crippen molar-refractivity contribution < 1.29 is 33.3 Å². The Hall–Kier alpha value is -2.61. The van der Waals surface area contributed by atoms with Gasteiger partial charge in [-0.25, -0.2) is 0 Å². The fraction of sp³-hybridized carbons (Fsp3) is 0.609. The van der Waals surface area contributed by atoms with E-state index >= 15 is 0 Å². The zero-order valence-electron chi connectivity index (χ0n) is 18.9. The molecule has 1 aromatic rings. The summed E-state index contributed by atoms with van der Waals surface area (Å²) in [6.45, 7) is 7.95. The van der Waals surface area contributed by atoms with E-state index in [1.807, 2.05) is 0 Å². The molecule has 0 N–H and O–H groups in total. The molecule has 0 aromatic heterocycles. The van der Waals surface area contributed by atoms with E-state index in [2.05, 4.69) is 0 Å². The molecule has 2 aliphatic heterocycles. The SMILES string of the molecule is CC(C(=O)c1ccc2c(c1)OCO2)N(C)C(=O)C1(CC(=O)OC(C)(C)C)CCOCC1. The molecule has 1 amide bonds. The third-order valence-corrected chi connectivity index (χ3v) is 5.74. The molecule has 0 radical (unpaired) electrons. The lowest BCUT2D eigenvalue weighted by atomic mass is 9.75. The van der Waals surface area contributed by atoms with Crippen molar-refractivity contribution in [1.29, 1.82) is 0 Å². The van der Waals surface area contributed by atoms with Gasteiger partial charge in [-0.2, -0.15) is 0 Å². The highest BCUT2D eigenvalue weighted by Crippen LogP contribution is 2.38. The summed E-state index contributed by atoms with van der Waals surface area (Å²) in [6.07, 6.45) is 0.766. The van der Waals surface area contributed by atoms with Crippen LogP contribution < -0.4 is 9.47 Å². The van der Waals surface area contributed by atoms with Gasteiger partial charge >= 0.3 is 5.97 Å². The van der Waals surface area contributed by atoms with Gasteiger partial charge in [0.1, 0.15) is 5.60 Å². The Morgan fingerprint density at radius 3 is 2.42 bits per heavy atom. The average Bonchev–Trinajstić information content (AvgIpc) is 3.18. The molecule has 1 atom stereocenters. The molecule has 1 aromatic carbocycles. The minimum atomic E-state index is -0.946. The second kappa shape index (κ2) is 8.86. The standard InChI is InChI=1S/C23H31NO7/c1-15(20(26)16-6-7-17-18(12-16)30-14-29-17)24(5)21(27)23(8-10-28-11-9-23)13-19(25)31-22(2,3)4/h6-7,12,15H,8-11,13-14H2,1-5H3. The van der Waals surface area contributed by atoms with Crippen LogP contribution in [0.2, 0.25) is 0 Å². The van der Waals surface area contributed by atoms with Gasteiger partial charge < -0.3 is 23.8 Å². The van der Waals surface area contributed by atoms with E-state index in [1.165, 1.54) is 4.90 Å². The minimum Gasteiger partial charge on any atom is -0.460 e. The van der Waals surface area contributed by atoms with Crippen molar-refractivity contribution in [2.45, 2.75) is 58.6 Å². The fourth-order valence-electron chi connectivity index (χ4n) is 3.90. The van der Waals surface area contributed by atoms with Crippen molar-refractivity contribution in [3.8, 4) is 11.5 Å². The average molecular weight is 434 g/mol. The normalized spacial score (nSPS) is 18.2. The maximum absolute atomic E-state index is 13.6. The van der Waals surface area contributed by atoms with Crippen LogP contribution in [0.15, 0.2) is 18.2 Å². The largest absolute Gasteiger partial charge is 0.460 e. The van der Waals surface area contributed by atoms with Crippen LogP contribution in [0, 0.1) is 5.41 Å². The molecule has 0 saturated carbocycles. The number of benzene rings is 1. The summed E-state index contributed by atoms with van der Waals surface area (Å²) in [5.41, 5.74) is -1.15. The van der Waals surface area contributed by atoms with Crippen molar-refractivity contribution in [2.75, 3.05) is 27.1 Å². The van der Waals surface area contributed by atoms with Crippen LogP contribution in [0.25, 0.3) is 0 Å². The lowest BCUT2D eigenvalue weighted by Crippen LogP contribution is -2.51. The fourth-order valence-corrected chi connectivity index (χ4v) is 3.90. The van der Waals surface area contributed by atoms with Gasteiger partial charge in [0, 0.05) is 25.8 Å². The number of carbonyl (C=O) groups is 3. The third kappa shape index (κ3) is 5.18. The number of amides is 1. The number of Topliss-reactive ketones (excluding diaryl/α,β-unsaturated/α-hetero) is 1. The Kier molecular flexibility index (Phi) is 6.59. The highest BCUT2D eigenvalue weighted by atomic mass is 16.7. The number of hydrogen-bond donors (Lipinski definition) is 0. The van der Waals surface area contributed by atoms with Gasteiger partial charge in [0.15, 0.2) is 17.3 Å². The van der Waals surface area contributed by atoms with Crippen molar-refractivity contribution >= 4 is 17.7 Å². The summed E-state index contributed by atoms with van der Waals surface area (Å²) in [7, 11) is 1.60. The molecule has 1 saturated heterocycles. The lowest BCUT2D eigenvalue weighted by molar-refractivity contribution is -0.166. The molecule has 0 bridgehead atoms. The summed E-state index contributed by atoms with van der Waals surface area (Å²) in [5.74, 6) is 0.216. The Labute approximate surface area is 182 Å². The monoisotopic (exact) mass is 433 g/mol. The van der Waals surface area contributed by atoms with E-state index in [1.54, 1.807) is 52.9 Å². The number of fused-ring (bicyclic) bond motifs is 1. The van der Waals surface area contributed by atoms with E-state index in [9.17, 15) is 14.4 Å². The Morgan fingerprint density at radius 2 is 1.77 bits per heavy atom. The van der Waals surface area contributed by atoms with Crippen LogP contribution in [0.1, 0.15) is 57.3 Å². The first-order chi connectivity index (χ1) is 14.5. The number of nitrogens with zero attached hydrogens (tertiary/aromatic N) is 1. The summed E-state index contributed by atoms with van der Waals surface area (Å²) < 4.78 is 21.6. The van der Waals surface area contributed by atoms with Crippen LogP contribution in [0.4, 0.5) is 0 Å². The summed E-state index contributed by atoms with van der Waals surface area (Å²) >= 11 is 0. The smallest absolute Gasteiger partial charge is 0.307 e. The highest BCUT2D eigenvalue weighted by Gasteiger charge is 2.46. The first-order valence-electron chi connectivity index (χ1n) is 10.5.